The first-order valence-corrected chi connectivity index (χ1v) is 11.5. The minimum atomic E-state index is -0.503. The van der Waals surface area contributed by atoms with Crippen LogP contribution in [0.1, 0.15) is 50.5 Å². The van der Waals surface area contributed by atoms with E-state index in [1.807, 2.05) is 29.2 Å². The Hall–Kier alpha value is -3.74. The Morgan fingerprint density at radius 2 is 1.82 bits per heavy atom. The molecular formula is C27H30N4O3. The van der Waals surface area contributed by atoms with Gasteiger partial charge in [0.15, 0.2) is 5.69 Å². The molecule has 1 aliphatic rings. The summed E-state index contributed by atoms with van der Waals surface area (Å²) < 4.78 is 4.79. The highest BCUT2D eigenvalue weighted by molar-refractivity contribution is 6.01. The number of nitrogens with one attached hydrogen (secondary N) is 1. The third-order valence-electron chi connectivity index (χ3n) is 6.27. The van der Waals surface area contributed by atoms with Crippen LogP contribution < -0.4 is 5.32 Å². The lowest BCUT2D eigenvalue weighted by Crippen LogP contribution is -2.45. The molecule has 34 heavy (non-hydrogen) atoms. The Morgan fingerprint density at radius 3 is 2.59 bits per heavy atom. The minimum absolute atomic E-state index is 0.0146. The molecule has 0 unspecified atom stereocenters. The van der Waals surface area contributed by atoms with Crippen molar-refractivity contribution in [1.82, 2.24) is 14.9 Å². The average molecular weight is 459 g/mol. The summed E-state index contributed by atoms with van der Waals surface area (Å²) in [4.78, 5) is 36.1. The normalized spacial score (nSPS) is 15.6. The van der Waals surface area contributed by atoms with Gasteiger partial charge in [-0.15, -0.1) is 0 Å². The number of likely N-dealkylation sites (tertiary alicyclic amines) is 1. The number of methoxy groups -OCH3 is 1. The molecule has 1 fully saturated rings. The van der Waals surface area contributed by atoms with E-state index < -0.39 is 5.97 Å². The van der Waals surface area contributed by atoms with Gasteiger partial charge in [0.05, 0.1) is 7.11 Å². The molecule has 2 heterocycles. The van der Waals surface area contributed by atoms with Crippen molar-refractivity contribution in [1.29, 1.82) is 0 Å². The second-order valence-corrected chi connectivity index (χ2v) is 8.79. The molecule has 1 N–H and O–H groups in total. The molecule has 0 aliphatic carbocycles. The molecule has 0 spiro atoms. The van der Waals surface area contributed by atoms with E-state index in [9.17, 15) is 9.59 Å². The lowest BCUT2D eigenvalue weighted by molar-refractivity contribution is 0.0593. The maximum atomic E-state index is 13.6. The molecule has 2 aromatic carbocycles. The Balaban J connectivity index is 1.53. The second-order valence-electron chi connectivity index (χ2n) is 8.79. The zero-order valence-corrected chi connectivity index (χ0v) is 20.1. The van der Waals surface area contributed by atoms with Crippen LogP contribution in [0.4, 0.5) is 5.95 Å². The molecule has 3 aromatic rings. The second kappa shape index (κ2) is 10.0. The van der Waals surface area contributed by atoms with Gasteiger partial charge in [0.1, 0.15) is 0 Å². The third kappa shape index (κ3) is 5.09. The van der Waals surface area contributed by atoms with Gasteiger partial charge in [-0.1, -0.05) is 36.4 Å². The van der Waals surface area contributed by atoms with E-state index in [1.54, 1.807) is 13.0 Å². The van der Waals surface area contributed by atoms with E-state index in [2.05, 4.69) is 47.3 Å². The van der Waals surface area contributed by atoms with Gasteiger partial charge in [-0.05, 0) is 68.0 Å². The van der Waals surface area contributed by atoms with Gasteiger partial charge in [-0.3, -0.25) is 4.79 Å². The number of hydrogen-bond donors (Lipinski definition) is 1. The van der Waals surface area contributed by atoms with Crippen LogP contribution in [0.5, 0.6) is 0 Å². The number of aryl methyl sites for hydroxylation is 3. The highest BCUT2D eigenvalue weighted by Crippen LogP contribution is 2.28. The van der Waals surface area contributed by atoms with Gasteiger partial charge < -0.3 is 15.0 Å². The van der Waals surface area contributed by atoms with Crippen LogP contribution in [-0.2, 0) is 4.74 Å². The highest BCUT2D eigenvalue weighted by atomic mass is 16.5. The fourth-order valence-corrected chi connectivity index (χ4v) is 4.30. The zero-order valence-electron chi connectivity index (χ0n) is 20.1. The summed E-state index contributed by atoms with van der Waals surface area (Å²) in [5.41, 5.74) is 5.99. The molecule has 7 nitrogen and oxygen atoms in total. The van der Waals surface area contributed by atoms with Gasteiger partial charge in [0.25, 0.3) is 5.91 Å². The van der Waals surface area contributed by atoms with Crippen molar-refractivity contribution in [2.75, 3.05) is 25.5 Å². The fourth-order valence-electron chi connectivity index (χ4n) is 4.30. The third-order valence-corrected chi connectivity index (χ3v) is 6.27. The number of rotatable bonds is 5. The summed E-state index contributed by atoms with van der Waals surface area (Å²) in [5.74, 6) is -0.118. The number of carbonyl (C=O) groups excluding carboxylic acids is 2. The Labute approximate surface area is 200 Å². The number of aromatic nitrogens is 2. The van der Waals surface area contributed by atoms with Crippen LogP contribution in [0.3, 0.4) is 0 Å². The molecule has 7 heteroatoms. The van der Waals surface area contributed by atoms with E-state index in [0.717, 1.165) is 24.0 Å². The zero-order chi connectivity index (χ0) is 24.2. The predicted molar refractivity (Wildman–Crippen MR) is 132 cm³/mol. The fraction of sp³-hybridized carbons (Fsp3) is 0.333. The molecule has 0 bridgehead atoms. The molecule has 1 amide bonds. The summed E-state index contributed by atoms with van der Waals surface area (Å²) in [6, 6.07) is 15.7. The van der Waals surface area contributed by atoms with Crippen molar-refractivity contribution in [3.8, 4) is 11.1 Å². The molecule has 176 valence electrons. The van der Waals surface area contributed by atoms with Gasteiger partial charge in [-0.2, -0.15) is 0 Å². The number of piperidine rings is 1. The Kier molecular flexibility index (Phi) is 6.91. The number of carbonyl (C=O) groups is 2. The highest BCUT2D eigenvalue weighted by Gasteiger charge is 2.27. The number of anilines is 1. The van der Waals surface area contributed by atoms with Crippen molar-refractivity contribution in [2.45, 2.75) is 39.7 Å². The Morgan fingerprint density at radius 1 is 1.03 bits per heavy atom. The van der Waals surface area contributed by atoms with Crippen molar-refractivity contribution in [2.24, 2.45) is 0 Å². The summed E-state index contributed by atoms with van der Waals surface area (Å²) in [7, 11) is 1.33. The van der Waals surface area contributed by atoms with Gasteiger partial charge in [0.2, 0.25) is 5.95 Å². The molecule has 4 rings (SSSR count). The molecule has 0 saturated carbocycles. The molecule has 0 radical (unpaired) electrons. The number of amides is 1. The molecule has 1 atom stereocenters. The SMILES string of the molecule is COC(=O)c1cc(C)nc(N[C@@H]2CCCN(C(=O)c3ccccc3-c3ccc(C)c(C)c3)C2)n1. The van der Waals surface area contributed by atoms with Crippen molar-refractivity contribution < 1.29 is 14.3 Å². The van der Waals surface area contributed by atoms with Crippen molar-refractivity contribution in [3.63, 3.8) is 0 Å². The van der Waals surface area contributed by atoms with Crippen molar-refractivity contribution >= 4 is 17.8 Å². The van der Waals surface area contributed by atoms with Gasteiger partial charge in [-0.25, -0.2) is 14.8 Å². The number of nitrogens with zero attached hydrogens (tertiary/aromatic N) is 3. The van der Waals surface area contributed by atoms with E-state index in [1.165, 1.54) is 18.2 Å². The van der Waals surface area contributed by atoms with Crippen LogP contribution in [-0.4, -0.2) is 53.0 Å². The number of esters is 1. The maximum Gasteiger partial charge on any atom is 0.356 e. The largest absolute Gasteiger partial charge is 0.464 e. The topological polar surface area (TPSA) is 84.4 Å². The van der Waals surface area contributed by atoms with E-state index in [0.29, 0.717) is 30.3 Å². The first kappa shape index (κ1) is 23.4. The lowest BCUT2D eigenvalue weighted by atomic mass is 9.95. The molecule has 1 aliphatic heterocycles. The van der Waals surface area contributed by atoms with Crippen molar-refractivity contribution in [3.05, 3.63) is 76.6 Å². The number of ether oxygens (including phenoxy) is 1. The lowest BCUT2D eigenvalue weighted by Gasteiger charge is -2.33. The first-order chi connectivity index (χ1) is 16.4. The first-order valence-electron chi connectivity index (χ1n) is 11.5. The average Bonchev–Trinajstić information content (AvgIpc) is 2.84. The van der Waals surface area contributed by atoms with Gasteiger partial charge in [0, 0.05) is 30.4 Å². The summed E-state index contributed by atoms with van der Waals surface area (Å²) in [6.07, 6.45) is 1.75. The number of benzene rings is 2. The monoisotopic (exact) mass is 458 g/mol. The van der Waals surface area contributed by atoms with Crippen LogP contribution in [0.25, 0.3) is 11.1 Å². The van der Waals surface area contributed by atoms with E-state index >= 15 is 0 Å². The molecule has 1 aromatic heterocycles. The summed E-state index contributed by atoms with van der Waals surface area (Å²) in [5, 5.41) is 3.31. The predicted octanol–water partition coefficient (Wildman–Crippen LogP) is 4.57. The number of hydrogen-bond acceptors (Lipinski definition) is 6. The smallest absolute Gasteiger partial charge is 0.356 e. The summed E-state index contributed by atoms with van der Waals surface area (Å²) in [6.45, 7) is 7.21. The van der Waals surface area contributed by atoms with Crippen LogP contribution >= 0.6 is 0 Å². The minimum Gasteiger partial charge on any atom is -0.464 e. The van der Waals surface area contributed by atoms with E-state index in [-0.39, 0.29) is 17.6 Å². The van der Waals surface area contributed by atoms with E-state index in [4.69, 9.17) is 4.74 Å². The van der Waals surface area contributed by atoms with Crippen LogP contribution in [0.2, 0.25) is 0 Å². The van der Waals surface area contributed by atoms with Gasteiger partial charge >= 0.3 is 5.97 Å². The van der Waals surface area contributed by atoms with Crippen LogP contribution in [0.15, 0.2) is 48.5 Å². The molecular weight excluding hydrogens is 428 g/mol. The Bertz CT molecular complexity index is 1220. The van der Waals surface area contributed by atoms with Crippen LogP contribution in [0, 0.1) is 20.8 Å². The maximum absolute atomic E-state index is 13.6. The quantitative estimate of drug-likeness (QED) is 0.564. The standard InChI is InChI=1S/C27H30N4O3/c1-17-11-12-20(14-18(17)2)22-9-5-6-10-23(22)25(32)31-13-7-8-21(16-31)29-27-28-19(3)15-24(30-27)26(33)34-4/h5-6,9-12,14-15,21H,7-8,13,16H2,1-4H3,(H,28,29,30)/t21-/m1/s1. The summed E-state index contributed by atoms with van der Waals surface area (Å²) >= 11 is 0. The molecule has 1 saturated heterocycles.